The number of aliphatic imine (C=N–C) groups is 1. The van der Waals surface area contributed by atoms with Crippen molar-refractivity contribution in [1.82, 2.24) is 16.1 Å². The van der Waals surface area contributed by atoms with Gasteiger partial charge in [-0.3, -0.25) is 9.59 Å². The first-order valence-electron chi connectivity index (χ1n) is 14.7. The zero-order valence-electron chi connectivity index (χ0n) is 25.4. The number of carbonyl (C=O) groups excluding carboxylic acids is 2. The molecule has 0 aromatic rings. The van der Waals surface area contributed by atoms with Gasteiger partial charge in [0.15, 0.2) is 5.03 Å². The number of hydrazine groups is 1. The van der Waals surface area contributed by atoms with Gasteiger partial charge in [-0.15, -0.1) is 0 Å². The van der Waals surface area contributed by atoms with Gasteiger partial charge in [0.2, 0.25) is 11.8 Å². The number of rotatable bonds is 13. The molecule has 13 heteroatoms. The molecule has 0 radical (unpaired) electrons. The predicted molar refractivity (Wildman–Crippen MR) is 153 cm³/mol. The largest absolute Gasteiger partial charge is 0.481 e. The highest BCUT2D eigenvalue weighted by molar-refractivity contribution is 6.48. The summed E-state index contributed by atoms with van der Waals surface area (Å²) >= 11 is 0. The Balaban J connectivity index is 1.72. The molecule has 226 valence electrons. The fourth-order valence-electron chi connectivity index (χ4n) is 6.51. The third-order valence-corrected chi connectivity index (χ3v) is 9.61. The van der Waals surface area contributed by atoms with Gasteiger partial charge < -0.3 is 25.7 Å². The van der Waals surface area contributed by atoms with Crippen molar-refractivity contribution in [1.29, 1.82) is 0 Å². The average molecular weight is 565 g/mol. The summed E-state index contributed by atoms with van der Waals surface area (Å²) in [6, 6.07) is -0.820. The Labute approximate surface area is 238 Å². The van der Waals surface area contributed by atoms with Crippen LogP contribution in [0.25, 0.3) is 0 Å². The van der Waals surface area contributed by atoms with E-state index in [9.17, 15) is 19.7 Å². The van der Waals surface area contributed by atoms with E-state index in [1.807, 2.05) is 20.8 Å². The monoisotopic (exact) mass is 564 g/mol. The van der Waals surface area contributed by atoms with Crippen LogP contribution in [0.2, 0.25) is 0 Å². The zero-order chi connectivity index (χ0) is 30.0. The number of nitrogens with two attached hydrogens (primary N) is 1. The summed E-state index contributed by atoms with van der Waals surface area (Å²) in [6.45, 7) is 16.7. The summed E-state index contributed by atoms with van der Waals surface area (Å²) in [6.07, 6.45) is 4.03. The molecule has 1 saturated heterocycles. The minimum atomic E-state index is -0.820. The highest BCUT2D eigenvalue weighted by atomic mass is 16.7. The molecular formula is C27H49BN6O6. The molecule has 4 fully saturated rings. The van der Waals surface area contributed by atoms with Crippen molar-refractivity contribution in [2.24, 2.45) is 39.3 Å². The lowest BCUT2D eigenvalue weighted by Gasteiger charge is -2.64. The summed E-state index contributed by atoms with van der Waals surface area (Å²) in [4.78, 5) is 41.2. The van der Waals surface area contributed by atoms with E-state index in [2.05, 4.69) is 50.2 Å². The number of hydrogen-bond acceptors (Lipinski definition) is 7. The molecule has 5 N–H and O–H groups in total. The van der Waals surface area contributed by atoms with E-state index in [-0.39, 0.29) is 54.1 Å². The number of hydrogen-bond donors (Lipinski definition) is 4. The third kappa shape index (κ3) is 6.90. The SMILES string of the molecule is CCC(C)(C)C(=O)N[C@@H](CCCN=C(N)N[N+](=O)[O-])C(=O)N[C@@H](CC(C)C)B1O[C@@H]2C[C@@H]3C[C@@H](C3(C)C)[C@]2(C)O1. The first-order valence-corrected chi connectivity index (χ1v) is 14.7. The van der Waals surface area contributed by atoms with Crippen LogP contribution >= 0.6 is 0 Å². The molecule has 3 saturated carbocycles. The van der Waals surface area contributed by atoms with E-state index in [1.165, 1.54) is 0 Å². The van der Waals surface area contributed by atoms with E-state index in [4.69, 9.17) is 15.0 Å². The van der Waals surface area contributed by atoms with Crippen molar-refractivity contribution in [3.63, 3.8) is 0 Å². The lowest BCUT2D eigenvalue weighted by atomic mass is 9.43. The van der Waals surface area contributed by atoms with E-state index < -0.39 is 29.2 Å². The van der Waals surface area contributed by atoms with Crippen LogP contribution in [0.3, 0.4) is 0 Å². The van der Waals surface area contributed by atoms with Crippen LogP contribution in [0.4, 0.5) is 0 Å². The number of carbonyl (C=O) groups is 2. The van der Waals surface area contributed by atoms with Gasteiger partial charge in [0.25, 0.3) is 5.96 Å². The highest BCUT2D eigenvalue weighted by Crippen LogP contribution is 2.65. The van der Waals surface area contributed by atoms with Gasteiger partial charge >= 0.3 is 7.12 Å². The first kappa shape index (κ1) is 32.1. The Morgan fingerprint density at radius 2 is 1.90 bits per heavy atom. The minimum Gasteiger partial charge on any atom is -0.404 e. The van der Waals surface area contributed by atoms with E-state index >= 15 is 0 Å². The van der Waals surface area contributed by atoms with Crippen LogP contribution in [0.15, 0.2) is 4.99 Å². The molecule has 40 heavy (non-hydrogen) atoms. The van der Waals surface area contributed by atoms with Crippen molar-refractivity contribution in [3.05, 3.63) is 10.1 Å². The number of nitrogens with one attached hydrogen (secondary N) is 3. The van der Waals surface area contributed by atoms with Gasteiger partial charge in [0, 0.05) is 12.0 Å². The Morgan fingerprint density at radius 1 is 1.23 bits per heavy atom. The molecule has 0 spiro atoms. The summed E-state index contributed by atoms with van der Waals surface area (Å²) in [5.74, 6) is 0.0692. The maximum absolute atomic E-state index is 13.7. The quantitative estimate of drug-likeness (QED) is 0.0660. The van der Waals surface area contributed by atoms with Gasteiger partial charge in [-0.05, 0) is 68.6 Å². The first-order chi connectivity index (χ1) is 18.5. The van der Waals surface area contributed by atoms with Crippen LogP contribution in [0.1, 0.15) is 93.9 Å². The van der Waals surface area contributed by atoms with Crippen LogP contribution in [-0.2, 0) is 18.9 Å². The second-order valence-corrected chi connectivity index (χ2v) is 13.6. The van der Waals surface area contributed by atoms with E-state index in [0.29, 0.717) is 31.1 Å². The van der Waals surface area contributed by atoms with Gasteiger partial charge in [-0.1, -0.05) is 53.9 Å². The van der Waals surface area contributed by atoms with Crippen molar-refractivity contribution >= 4 is 24.9 Å². The molecule has 0 aromatic heterocycles. The summed E-state index contributed by atoms with van der Waals surface area (Å²) in [5, 5.41) is 15.8. The predicted octanol–water partition coefficient (Wildman–Crippen LogP) is 2.58. The number of guanidine groups is 1. The van der Waals surface area contributed by atoms with E-state index in [0.717, 1.165) is 12.8 Å². The molecule has 0 unspecified atom stereocenters. The lowest BCUT2D eigenvalue weighted by molar-refractivity contribution is -0.525. The third-order valence-electron chi connectivity index (χ3n) is 9.61. The topological polar surface area (TPSA) is 170 Å². The molecule has 0 aromatic carbocycles. The van der Waals surface area contributed by atoms with Crippen molar-refractivity contribution < 1.29 is 23.9 Å². The zero-order valence-corrected chi connectivity index (χ0v) is 25.4. The Hall–Kier alpha value is -2.41. The maximum atomic E-state index is 13.7. The molecule has 4 rings (SSSR count). The lowest BCUT2D eigenvalue weighted by Crippen LogP contribution is -2.65. The summed E-state index contributed by atoms with van der Waals surface area (Å²) in [5.41, 5.74) is 6.47. The maximum Gasteiger partial charge on any atom is 0.481 e. The highest BCUT2D eigenvalue weighted by Gasteiger charge is 2.68. The van der Waals surface area contributed by atoms with Crippen molar-refractivity contribution in [3.8, 4) is 0 Å². The number of nitrogens with zero attached hydrogens (tertiary/aromatic N) is 2. The van der Waals surface area contributed by atoms with Crippen LogP contribution in [0, 0.1) is 38.7 Å². The second-order valence-electron chi connectivity index (χ2n) is 13.6. The fourth-order valence-corrected chi connectivity index (χ4v) is 6.51. The van der Waals surface area contributed by atoms with Crippen molar-refractivity contribution in [2.75, 3.05) is 6.54 Å². The Morgan fingerprint density at radius 3 is 2.48 bits per heavy atom. The standard InChI is InChI=1S/C27H49BN6O6/c1-9-25(4,5)23(36)31-18(11-10-12-30-24(29)33-34(37)38)22(35)32-21(13-16(2)3)28-39-20-15-17-14-19(26(17,6)7)27(20,8)40-28/h16-21H,9-15H2,1-8H3,(H,31,36)(H,32,35)(H3,29,30,33)/t17-,18-,19-,20+,21-,27-/m0/s1. The molecule has 2 amide bonds. The normalized spacial score (nSPS) is 28.8. The molecule has 3 aliphatic carbocycles. The Kier molecular flexibility index (Phi) is 9.81. The minimum absolute atomic E-state index is 0.00205. The van der Waals surface area contributed by atoms with Crippen LogP contribution in [0.5, 0.6) is 0 Å². The molecule has 2 bridgehead atoms. The average Bonchev–Trinajstić information content (AvgIpc) is 3.21. The molecule has 1 heterocycles. The van der Waals surface area contributed by atoms with Gasteiger partial charge in [-0.2, -0.15) is 0 Å². The van der Waals surface area contributed by atoms with Gasteiger partial charge in [-0.25, -0.2) is 15.1 Å². The smallest absolute Gasteiger partial charge is 0.404 e. The van der Waals surface area contributed by atoms with Crippen molar-refractivity contribution in [2.45, 2.75) is 118 Å². The summed E-state index contributed by atoms with van der Waals surface area (Å²) < 4.78 is 13.2. The van der Waals surface area contributed by atoms with Crippen LogP contribution < -0.4 is 21.8 Å². The van der Waals surface area contributed by atoms with Gasteiger partial charge in [0.1, 0.15) is 6.04 Å². The molecule has 1 aliphatic heterocycles. The van der Waals surface area contributed by atoms with E-state index in [1.54, 1.807) is 5.43 Å². The Bertz CT molecular complexity index is 991. The van der Waals surface area contributed by atoms with Crippen LogP contribution in [-0.4, -0.2) is 60.2 Å². The molecule has 12 nitrogen and oxygen atoms in total. The molecule has 6 atom stereocenters. The second kappa shape index (κ2) is 12.2. The number of amides is 2. The molecule has 4 aliphatic rings. The number of nitro groups is 1. The summed E-state index contributed by atoms with van der Waals surface area (Å²) in [7, 11) is -0.572. The van der Waals surface area contributed by atoms with Gasteiger partial charge in [0.05, 0.1) is 17.6 Å². The fraction of sp³-hybridized carbons (Fsp3) is 0.889. The molecular weight excluding hydrogens is 515 g/mol.